The van der Waals surface area contributed by atoms with Gasteiger partial charge in [0.2, 0.25) is 0 Å². The van der Waals surface area contributed by atoms with Gasteiger partial charge in [-0.15, -0.1) is 0 Å². The van der Waals surface area contributed by atoms with Crippen molar-refractivity contribution in [2.75, 3.05) is 11.4 Å². The van der Waals surface area contributed by atoms with Crippen molar-refractivity contribution in [3.63, 3.8) is 0 Å². The summed E-state index contributed by atoms with van der Waals surface area (Å²) >= 11 is 0. The topological polar surface area (TPSA) is 92.5 Å². The number of benzene rings is 1. The highest BCUT2D eigenvalue weighted by molar-refractivity contribution is 7.92. The highest BCUT2D eigenvalue weighted by atomic mass is 32.2. The van der Waals surface area contributed by atoms with Crippen LogP contribution in [0.15, 0.2) is 41.6 Å². The molecule has 1 aliphatic rings. The van der Waals surface area contributed by atoms with Crippen LogP contribution in [0.1, 0.15) is 42.1 Å². The fourth-order valence-electron chi connectivity index (χ4n) is 3.04. The average molecular weight is 349 g/mol. The van der Waals surface area contributed by atoms with Gasteiger partial charge in [-0.05, 0) is 25.0 Å². The SMILES string of the molecule is CN(c1ccccc1C(=O)O)S(=O)(=O)c1cnn(C2CCCC2)c1. The van der Waals surface area contributed by atoms with E-state index in [1.54, 1.807) is 16.8 Å². The van der Waals surface area contributed by atoms with Crippen molar-refractivity contribution in [1.82, 2.24) is 9.78 Å². The first-order valence-electron chi connectivity index (χ1n) is 7.76. The van der Waals surface area contributed by atoms with Crippen molar-refractivity contribution in [2.24, 2.45) is 0 Å². The lowest BCUT2D eigenvalue weighted by molar-refractivity contribution is 0.0698. The molecule has 1 heterocycles. The Balaban J connectivity index is 1.94. The van der Waals surface area contributed by atoms with Gasteiger partial charge >= 0.3 is 5.97 Å². The molecule has 24 heavy (non-hydrogen) atoms. The first kappa shape index (κ1) is 16.5. The molecular formula is C16H19N3O4S. The van der Waals surface area contributed by atoms with Gasteiger partial charge in [0.25, 0.3) is 10.0 Å². The third kappa shape index (κ3) is 2.89. The molecule has 7 nitrogen and oxygen atoms in total. The Morgan fingerprint density at radius 2 is 1.96 bits per heavy atom. The summed E-state index contributed by atoms with van der Waals surface area (Å²) in [5.74, 6) is -1.17. The molecule has 0 radical (unpaired) electrons. The molecule has 0 aliphatic heterocycles. The quantitative estimate of drug-likeness (QED) is 0.895. The monoisotopic (exact) mass is 349 g/mol. The van der Waals surface area contributed by atoms with Gasteiger partial charge in [0.05, 0.1) is 23.5 Å². The second-order valence-electron chi connectivity index (χ2n) is 5.89. The molecule has 1 saturated carbocycles. The summed E-state index contributed by atoms with van der Waals surface area (Å²) in [4.78, 5) is 11.4. The number of anilines is 1. The molecule has 1 aliphatic carbocycles. The number of carbonyl (C=O) groups is 1. The van der Waals surface area contributed by atoms with Gasteiger partial charge in [-0.2, -0.15) is 5.10 Å². The summed E-state index contributed by atoms with van der Waals surface area (Å²) in [7, 11) is -2.52. The summed E-state index contributed by atoms with van der Waals surface area (Å²) < 4.78 is 28.3. The molecule has 8 heteroatoms. The van der Waals surface area contributed by atoms with Gasteiger partial charge in [-0.3, -0.25) is 8.99 Å². The van der Waals surface area contributed by atoms with Crippen LogP contribution < -0.4 is 4.31 Å². The predicted octanol–water partition coefficient (Wildman–Crippen LogP) is 2.52. The third-order valence-electron chi connectivity index (χ3n) is 4.41. The van der Waals surface area contributed by atoms with Crippen LogP contribution in [0.25, 0.3) is 0 Å². The zero-order chi connectivity index (χ0) is 17.3. The minimum absolute atomic E-state index is 0.0632. The Morgan fingerprint density at radius 3 is 2.62 bits per heavy atom. The number of carboxylic acids is 1. The van der Waals surface area contributed by atoms with Gasteiger partial charge in [0, 0.05) is 13.2 Å². The average Bonchev–Trinajstić information content (AvgIpc) is 3.25. The number of para-hydroxylation sites is 1. The number of carboxylic acid groups (broad SMARTS) is 1. The molecule has 1 fully saturated rings. The summed E-state index contributed by atoms with van der Waals surface area (Å²) in [6, 6.07) is 6.26. The number of sulfonamides is 1. The van der Waals surface area contributed by atoms with Crippen molar-refractivity contribution < 1.29 is 18.3 Å². The second kappa shape index (κ2) is 6.27. The molecule has 0 bridgehead atoms. The minimum atomic E-state index is -3.87. The maximum absolute atomic E-state index is 12.8. The standard InChI is InChI=1S/C16H19N3O4S/c1-18(15-9-5-4-8-14(15)16(20)21)24(22,23)13-10-17-19(11-13)12-6-2-3-7-12/h4-5,8-12H,2-3,6-7H2,1H3,(H,20,21). The minimum Gasteiger partial charge on any atom is -0.478 e. The Kier molecular flexibility index (Phi) is 4.31. The number of aromatic carboxylic acids is 1. The zero-order valence-electron chi connectivity index (χ0n) is 13.3. The van der Waals surface area contributed by atoms with Crippen LogP contribution in [0, 0.1) is 0 Å². The molecule has 0 spiro atoms. The van der Waals surface area contributed by atoms with Crippen LogP contribution in [0.2, 0.25) is 0 Å². The number of hydrogen-bond donors (Lipinski definition) is 1. The predicted molar refractivity (Wildman–Crippen MR) is 88.7 cm³/mol. The highest BCUT2D eigenvalue weighted by Crippen LogP contribution is 2.30. The summed E-state index contributed by atoms with van der Waals surface area (Å²) in [6.45, 7) is 0. The number of rotatable bonds is 5. The van der Waals surface area contributed by atoms with E-state index < -0.39 is 16.0 Å². The lowest BCUT2D eigenvalue weighted by atomic mass is 10.2. The van der Waals surface area contributed by atoms with E-state index in [-0.39, 0.29) is 22.2 Å². The van der Waals surface area contributed by atoms with E-state index in [1.807, 2.05) is 0 Å². The zero-order valence-corrected chi connectivity index (χ0v) is 14.1. The summed E-state index contributed by atoms with van der Waals surface area (Å²) in [6.07, 6.45) is 7.10. The van der Waals surface area contributed by atoms with Crippen LogP contribution in [0.5, 0.6) is 0 Å². The van der Waals surface area contributed by atoms with Crippen molar-refractivity contribution in [2.45, 2.75) is 36.6 Å². The van der Waals surface area contributed by atoms with Crippen LogP contribution in [0.3, 0.4) is 0 Å². The van der Waals surface area contributed by atoms with Crippen LogP contribution in [0.4, 0.5) is 5.69 Å². The fraction of sp³-hybridized carbons (Fsp3) is 0.375. The Bertz CT molecular complexity index is 854. The van der Waals surface area contributed by atoms with Gasteiger partial charge in [0.1, 0.15) is 4.90 Å². The van der Waals surface area contributed by atoms with Crippen LogP contribution in [-0.2, 0) is 10.0 Å². The smallest absolute Gasteiger partial charge is 0.337 e. The molecular weight excluding hydrogens is 330 g/mol. The Labute approximate surface area is 140 Å². The summed E-state index contributed by atoms with van der Waals surface area (Å²) in [5.41, 5.74) is 0.0605. The largest absolute Gasteiger partial charge is 0.478 e. The number of aromatic nitrogens is 2. The second-order valence-corrected chi connectivity index (χ2v) is 7.86. The Hall–Kier alpha value is -2.35. The van der Waals surface area contributed by atoms with Crippen molar-refractivity contribution in [3.8, 4) is 0 Å². The Morgan fingerprint density at radius 1 is 1.29 bits per heavy atom. The molecule has 128 valence electrons. The van der Waals surface area contributed by atoms with E-state index in [2.05, 4.69) is 5.10 Å². The van der Waals surface area contributed by atoms with E-state index in [0.29, 0.717) is 0 Å². The molecule has 0 atom stereocenters. The van der Waals surface area contributed by atoms with Crippen LogP contribution in [-0.4, -0.2) is 36.3 Å². The number of nitrogens with zero attached hydrogens (tertiary/aromatic N) is 3. The highest BCUT2D eigenvalue weighted by Gasteiger charge is 2.27. The van der Waals surface area contributed by atoms with Crippen molar-refractivity contribution >= 4 is 21.7 Å². The van der Waals surface area contributed by atoms with E-state index in [9.17, 15) is 18.3 Å². The van der Waals surface area contributed by atoms with Gasteiger partial charge in [-0.25, -0.2) is 13.2 Å². The molecule has 1 aromatic heterocycles. The van der Waals surface area contributed by atoms with Crippen molar-refractivity contribution in [1.29, 1.82) is 0 Å². The van der Waals surface area contributed by atoms with E-state index in [0.717, 1.165) is 30.0 Å². The van der Waals surface area contributed by atoms with E-state index in [4.69, 9.17) is 0 Å². The summed E-state index contributed by atoms with van der Waals surface area (Å²) in [5, 5.41) is 13.5. The molecule has 0 unspecified atom stereocenters. The lowest BCUT2D eigenvalue weighted by Crippen LogP contribution is -2.28. The van der Waals surface area contributed by atoms with Crippen molar-refractivity contribution in [3.05, 3.63) is 42.2 Å². The molecule has 2 aromatic rings. The first-order chi connectivity index (χ1) is 11.4. The maximum atomic E-state index is 12.8. The molecule has 0 saturated heterocycles. The normalized spacial score (nSPS) is 15.5. The van der Waals surface area contributed by atoms with Gasteiger partial charge in [0.15, 0.2) is 0 Å². The van der Waals surface area contributed by atoms with Crippen LogP contribution >= 0.6 is 0 Å². The first-order valence-corrected chi connectivity index (χ1v) is 9.20. The van der Waals surface area contributed by atoms with E-state index in [1.165, 1.54) is 31.6 Å². The number of hydrogen-bond acceptors (Lipinski definition) is 4. The lowest BCUT2D eigenvalue weighted by Gasteiger charge is -2.20. The molecule has 3 rings (SSSR count). The van der Waals surface area contributed by atoms with Gasteiger partial charge < -0.3 is 5.11 Å². The van der Waals surface area contributed by atoms with E-state index >= 15 is 0 Å². The molecule has 1 N–H and O–H groups in total. The molecule has 1 aromatic carbocycles. The van der Waals surface area contributed by atoms with Gasteiger partial charge in [-0.1, -0.05) is 25.0 Å². The molecule has 0 amide bonds. The fourth-order valence-corrected chi connectivity index (χ4v) is 4.19. The maximum Gasteiger partial charge on any atom is 0.337 e. The third-order valence-corrected chi connectivity index (χ3v) is 6.13.